The molecule has 0 bridgehead atoms. The van der Waals surface area contributed by atoms with Crippen molar-refractivity contribution in [1.82, 2.24) is 15.1 Å². The van der Waals surface area contributed by atoms with Gasteiger partial charge in [0.2, 0.25) is 0 Å². The second-order valence-corrected chi connectivity index (χ2v) is 8.19. The molecule has 3 aliphatic rings. The first-order chi connectivity index (χ1) is 13.3. The quantitative estimate of drug-likeness (QED) is 0.599. The molecule has 2 atom stereocenters. The van der Waals surface area contributed by atoms with Crippen molar-refractivity contribution in [3.8, 4) is 0 Å². The van der Waals surface area contributed by atoms with Gasteiger partial charge >= 0.3 is 6.18 Å². The summed E-state index contributed by atoms with van der Waals surface area (Å²) in [6, 6.07) is 2.41. The van der Waals surface area contributed by atoms with Gasteiger partial charge in [0.1, 0.15) is 5.82 Å². The van der Waals surface area contributed by atoms with E-state index in [1.807, 2.05) is 12.2 Å². The molecule has 0 radical (unpaired) electrons. The van der Waals surface area contributed by atoms with Crippen LogP contribution in [0.5, 0.6) is 0 Å². The van der Waals surface area contributed by atoms with Gasteiger partial charge in [0.25, 0.3) is 5.91 Å². The second kappa shape index (κ2) is 7.33. The van der Waals surface area contributed by atoms with Crippen LogP contribution in [0.1, 0.15) is 11.1 Å². The van der Waals surface area contributed by atoms with Crippen LogP contribution in [-0.2, 0) is 11.0 Å². The number of carbonyl (C=O) groups is 1. The number of carbonyl (C=O) groups excluding carboxylic acids is 1. The number of hydrogen-bond acceptors (Lipinski definition) is 3. The van der Waals surface area contributed by atoms with E-state index in [0.29, 0.717) is 11.4 Å². The summed E-state index contributed by atoms with van der Waals surface area (Å²) in [6.07, 6.45) is 2.31. The topological polar surface area (TPSA) is 35.6 Å². The average molecular weight is 411 g/mol. The molecule has 1 amide bonds. The Kier molecular flexibility index (Phi) is 5.02. The van der Waals surface area contributed by atoms with E-state index in [1.165, 1.54) is 6.08 Å². The van der Waals surface area contributed by atoms with Crippen molar-refractivity contribution >= 4 is 19.8 Å². The summed E-state index contributed by atoms with van der Waals surface area (Å²) >= 11 is 0. The number of allylic oxidation sites excluding steroid dienone is 1. The van der Waals surface area contributed by atoms with E-state index < -0.39 is 17.6 Å². The van der Waals surface area contributed by atoms with Crippen LogP contribution in [0.3, 0.4) is 0 Å². The molecule has 4 nitrogen and oxygen atoms in total. The first kappa shape index (κ1) is 19.2. The van der Waals surface area contributed by atoms with E-state index in [1.54, 1.807) is 11.1 Å². The van der Waals surface area contributed by atoms with Gasteiger partial charge in [-0.3, -0.25) is 4.79 Å². The van der Waals surface area contributed by atoms with Crippen LogP contribution in [0.15, 0.2) is 48.3 Å². The molecule has 3 aliphatic heterocycles. The van der Waals surface area contributed by atoms with Crippen molar-refractivity contribution in [2.24, 2.45) is 0 Å². The van der Waals surface area contributed by atoms with Gasteiger partial charge in [0.15, 0.2) is 0 Å². The highest BCUT2D eigenvalue weighted by Gasteiger charge is 2.33. The zero-order chi connectivity index (χ0) is 19.9. The molecule has 1 aromatic carbocycles. The molecule has 1 fully saturated rings. The van der Waals surface area contributed by atoms with E-state index in [2.05, 4.69) is 10.2 Å². The molecule has 28 heavy (non-hydrogen) atoms. The van der Waals surface area contributed by atoms with Gasteiger partial charge in [-0.25, -0.2) is 4.39 Å². The zero-order valence-corrected chi connectivity index (χ0v) is 15.8. The van der Waals surface area contributed by atoms with Gasteiger partial charge in [-0.15, -0.1) is 0 Å². The number of nitrogens with one attached hydrogen (secondary N) is 1. The number of fused-ring (bicyclic) bond motifs is 1. The Balaban J connectivity index is 1.61. The van der Waals surface area contributed by atoms with Crippen molar-refractivity contribution in [3.63, 3.8) is 0 Å². The normalized spacial score (nSPS) is 23.6. The smallest absolute Gasteiger partial charge is 0.368 e. The van der Waals surface area contributed by atoms with Crippen molar-refractivity contribution in [3.05, 3.63) is 65.3 Å². The van der Waals surface area contributed by atoms with E-state index >= 15 is 0 Å². The lowest BCUT2D eigenvalue weighted by Crippen LogP contribution is -2.44. The fourth-order valence-corrected chi connectivity index (χ4v) is 4.82. The highest BCUT2D eigenvalue weighted by Crippen LogP contribution is 2.45. The van der Waals surface area contributed by atoms with Gasteiger partial charge in [-0.05, 0) is 35.2 Å². The molecule has 2 unspecified atom stereocenters. The standard InChI is InChI=1S/C19H18F4N3OP/c20-14-8-12(7-13(9-14)19(21,22)23)16-10-17(27)26-11-15(1-2-18(26)28-16)25-5-3-24-4-6-25/h1-2,7-11,18,24,28H,3-6H2. The first-order valence-electron chi connectivity index (χ1n) is 8.86. The lowest BCUT2D eigenvalue weighted by molar-refractivity contribution is -0.137. The lowest BCUT2D eigenvalue weighted by atomic mass is 10.1. The molecule has 1 aromatic rings. The van der Waals surface area contributed by atoms with Gasteiger partial charge in [0.05, 0.1) is 17.0 Å². The van der Waals surface area contributed by atoms with Crippen LogP contribution in [0, 0.1) is 5.82 Å². The van der Waals surface area contributed by atoms with Crippen molar-refractivity contribution in [2.45, 2.75) is 12.0 Å². The molecule has 148 valence electrons. The van der Waals surface area contributed by atoms with Crippen LogP contribution in [0.25, 0.3) is 5.31 Å². The van der Waals surface area contributed by atoms with Crippen LogP contribution in [0.4, 0.5) is 17.6 Å². The zero-order valence-electron chi connectivity index (χ0n) is 14.8. The fraction of sp³-hybridized carbons (Fsp3) is 0.316. The summed E-state index contributed by atoms with van der Waals surface area (Å²) in [4.78, 5) is 16.4. The SMILES string of the molecule is O=C1C=C(c2cc(F)cc(C(F)(F)F)c2)PC2C=CC(N3CCNCC3)=CN12. The number of amides is 1. The lowest BCUT2D eigenvalue weighted by Gasteiger charge is -2.37. The van der Waals surface area contributed by atoms with Gasteiger partial charge in [-0.1, -0.05) is 14.7 Å². The maximum Gasteiger partial charge on any atom is 0.416 e. The maximum absolute atomic E-state index is 13.7. The molecule has 0 spiro atoms. The molecular weight excluding hydrogens is 393 g/mol. The third-order valence-electron chi connectivity index (χ3n) is 4.86. The Morgan fingerprint density at radius 3 is 2.61 bits per heavy atom. The summed E-state index contributed by atoms with van der Waals surface area (Å²) in [7, 11) is 0.0306. The Bertz CT molecular complexity index is 888. The van der Waals surface area contributed by atoms with Crippen molar-refractivity contribution in [2.75, 3.05) is 26.2 Å². The Morgan fingerprint density at radius 1 is 1.14 bits per heavy atom. The molecular formula is C19H18F4N3OP. The second-order valence-electron chi connectivity index (χ2n) is 6.77. The predicted octanol–water partition coefficient (Wildman–Crippen LogP) is 3.35. The van der Waals surface area contributed by atoms with E-state index in [-0.39, 0.29) is 25.8 Å². The highest BCUT2D eigenvalue weighted by atomic mass is 31.1. The van der Waals surface area contributed by atoms with E-state index in [4.69, 9.17) is 0 Å². The van der Waals surface area contributed by atoms with Crippen molar-refractivity contribution in [1.29, 1.82) is 0 Å². The summed E-state index contributed by atoms with van der Waals surface area (Å²) in [5.41, 5.74) is -0.00930. The molecule has 9 heteroatoms. The molecule has 1 saturated heterocycles. The molecule has 0 saturated carbocycles. The number of hydrogen-bond donors (Lipinski definition) is 1. The number of halogens is 4. The average Bonchev–Trinajstić information content (AvgIpc) is 2.67. The minimum atomic E-state index is -4.64. The Labute approximate surface area is 161 Å². The van der Waals surface area contributed by atoms with Crippen LogP contribution in [0.2, 0.25) is 0 Å². The van der Waals surface area contributed by atoms with E-state index in [0.717, 1.165) is 44.0 Å². The number of benzene rings is 1. The maximum atomic E-state index is 13.7. The summed E-state index contributed by atoms with van der Waals surface area (Å²) in [5.74, 6) is -1.55. The van der Waals surface area contributed by atoms with Crippen LogP contribution in [-0.4, -0.2) is 47.7 Å². The minimum Gasteiger partial charge on any atom is -0.368 e. The largest absolute Gasteiger partial charge is 0.416 e. The number of alkyl halides is 3. The van der Waals surface area contributed by atoms with Crippen molar-refractivity contribution < 1.29 is 22.4 Å². The third-order valence-corrected chi connectivity index (χ3v) is 6.37. The first-order valence-corrected chi connectivity index (χ1v) is 9.93. The van der Waals surface area contributed by atoms with Crippen LogP contribution >= 0.6 is 8.58 Å². The molecule has 3 heterocycles. The van der Waals surface area contributed by atoms with Gasteiger partial charge in [0, 0.05) is 38.5 Å². The molecule has 1 N–H and O–H groups in total. The van der Waals surface area contributed by atoms with Crippen LogP contribution < -0.4 is 5.32 Å². The molecule has 0 aromatic heterocycles. The summed E-state index contributed by atoms with van der Waals surface area (Å²) < 4.78 is 52.7. The summed E-state index contributed by atoms with van der Waals surface area (Å²) in [5, 5.41) is 3.70. The van der Waals surface area contributed by atoms with E-state index in [9.17, 15) is 22.4 Å². The molecule has 4 rings (SSSR count). The number of nitrogens with zero attached hydrogens (tertiary/aromatic N) is 2. The predicted molar refractivity (Wildman–Crippen MR) is 100.0 cm³/mol. The minimum absolute atomic E-state index is 0.0306. The number of rotatable bonds is 2. The summed E-state index contributed by atoms with van der Waals surface area (Å²) in [6.45, 7) is 3.43. The molecule has 0 aliphatic carbocycles. The fourth-order valence-electron chi connectivity index (χ4n) is 3.45. The van der Waals surface area contributed by atoms with Gasteiger partial charge < -0.3 is 15.1 Å². The Hall–Kier alpha value is -2.18. The Morgan fingerprint density at radius 2 is 1.89 bits per heavy atom. The third kappa shape index (κ3) is 3.84. The van der Waals surface area contributed by atoms with Gasteiger partial charge in [-0.2, -0.15) is 13.2 Å². The highest BCUT2D eigenvalue weighted by molar-refractivity contribution is 7.51. The monoisotopic (exact) mass is 411 g/mol. The number of piperazine rings is 1.